The largest absolute Gasteiger partial charge is 0.468 e. The molecule has 0 aliphatic carbocycles. The molecule has 0 fully saturated rings. The van der Waals surface area contributed by atoms with Crippen LogP contribution >= 0.6 is 11.6 Å². The molecule has 0 radical (unpaired) electrons. The van der Waals surface area contributed by atoms with Crippen LogP contribution in [-0.2, 0) is 4.74 Å². The Morgan fingerprint density at radius 3 is 2.74 bits per heavy atom. The van der Waals surface area contributed by atoms with Gasteiger partial charge in [-0.25, -0.2) is 9.80 Å². The van der Waals surface area contributed by atoms with Crippen molar-refractivity contribution in [3.8, 4) is 5.75 Å². The molecule has 104 valence electrons. The molecule has 0 N–H and O–H groups in total. The van der Waals surface area contributed by atoms with Crippen molar-refractivity contribution in [3.05, 3.63) is 28.8 Å². The monoisotopic (exact) mass is 285 g/mol. The van der Waals surface area contributed by atoms with Gasteiger partial charge in [0.05, 0.1) is 14.2 Å². The minimum Gasteiger partial charge on any atom is -0.468 e. The van der Waals surface area contributed by atoms with Gasteiger partial charge in [0, 0.05) is 12.1 Å². The summed E-state index contributed by atoms with van der Waals surface area (Å²) in [5.74, 6) is -0.149. The number of benzene rings is 1. The molecule has 0 bridgehead atoms. The molecule has 1 unspecified atom stereocenters. The Kier molecular flexibility index (Phi) is 5.57. The summed E-state index contributed by atoms with van der Waals surface area (Å²) in [5.41, 5.74) is 0.306. The molecule has 0 aliphatic rings. The average Bonchev–Trinajstić information content (AvgIpc) is 2.38. The van der Waals surface area contributed by atoms with Crippen molar-refractivity contribution in [3.63, 3.8) is 0 Å². The van der Waals surface area contributed by atoms with E-state index in [-0.39, 0.29) is 0 Å². The molecule has 0 amide bonds. The van der Waals surface area contributed by atoms with Gasteiger partial charge in [0.25, 0.3) is 0 Å². The highest BCUT2D eigenvalue weighted by Crippen LogP contribution is 2.25. The minimum absolute atomic E-state index is 0.306. The second kappa shape index (κ2) is 6.94. The second-order valence-electron chi connectivity index (χ2n) is 3.71. The van der Waals surface area contributed by atoms with Crippen LogP contribution in [0.4, 0.5) is 0 Å². The first kappa shape index (κ1) is 15.2. The Bertz CT molecular complexity index is 479. The Balaban J connectivity index is 2.98. The zero-order valence-corrected chi connectivity index (χ0v) is 12.0. The number of esters is 1. The maximum atomic E-state index is 11.6. The lowest BCUT2D eigenvalue weighted by Crippen LogP contribution is -2.29. The van der Waals surface area contributed by atoms with Crippen LogP contribution < -0.4 is 4.74 Å². The highest BCUT2D eigenvalue weighted by molar-refractivity contribution is 6.30. The summed E-state index contributed by atoms with van der Waals surface area (Å²) in [7, 11) is 4.57. The maximum Gasteiger partial charge on any atom is 0.341 e. The predicted octanol–water partition coefficient (Wildman–Crippen LogP) is 2.78. The van der Waals surface area contributed by atoms with Crippen LogP contribution in [0.3, 0.4) is 0 Å². The molecule has 1 atom stereocenters. The van der Waals surface area contributed by atoms with E-state index in [0.717, 1.165) is 0 Å². The summed E-state index contributed by atoms with van der Waals surface area (Å²) in [6.07, 6.45) is -0.412. The molecular formula is C12H16ClN3O3. The van der Waals surface area contributed by atoms with Gasteiger partial charge in [-0.2, -0.15) is 5.11 Å². The van der Waals surface area contributed by atoms with Crippen molar-refractivity contribution >= 4 is 17.6 Å². The zero-order chi connectivity index (χ0) is 14.4. The first-order valence-corrected chi connectivity index (χ1v) is 5.94. The lowest BCUT2D eigenvalue weighted by molar-refractivity contribution is 0.0492. The Hall–Kier alpha value is -1.82. The quantitative estimate of drug-likeness (QED) is 0.361. The van der Waals surface area contributed by atoms with Gasteiger partial charge in [-0.3, -0.25) is 0 Å². The van der Waals surface area contributed by atoms with Crippen LogP contribution in [0.15, 0.2) is 28.5 Å². The topological polar surface area (TPSA) is 63.5 Å². The van der Waals surface area contributed by atoms with Gasteiger partial charge in [0.1, 0.15) is 11.3 Å². The molecule has 1 aromatic rings. The van der Waals surface area contributed by atoms with Gasteiger partial charge in [0.2, 0.25) is 0 Å². The van der Waals surface area contributed by atoms with E-state index in [1.807, 2.05) is 0 Å². The summed E-state index contributed by atoms with van der Waals surface area (Å²) < 4.78 is 10.3. The predicted molar refractivity (Wildman–Crippen MR) is 71.4 cm³/mol. The molecule has 1 rings (SSSR count). The highest BCUT2D eigenvalue weighted by atomic mass is 35.5. The van der Waals surface area contributed by atoms with Gasteiger partial charge in [-0.1, -0.05) is 16.8 Å². The smallest absolute Gasteiger partial charge is 0.341 e. The number of hydrogen-bond donors (Lipinski definition) is 0. The van der Waals surface area contributed by atoms with Gasteiger partial charge in [-0.05, 0) is 25.1 Å². The fourth-order valence-electron chi connectivity index (χ4n) is 1.35. The van der Waals surface area contributed by atoms with E-state index in [0.29, 0.717) is 16.3 Å². The second-order valence-corrected chi connectivity index (χ2v) is 4.15. The van der Waals surface area contributed by atoms with E-state index in [4.69, 9.17) is 16.3 Å². The lowest BCUT2D eigenvalue weighted by atomic mass is 10.2. The lowest BCUT2D eigenvalue weighted by Gasteiger charge is -2.22. The molecular weight excluding hydrogens is 270 g/mol. The molecule has 6 nitrogen and oxygen atoms in total. The van der Waals surface area contributed by atoms with Crippen molar-refractivity contribution in [1.82, 2.24) is 5.01 Å². The van der Waals surface area contributed by atoms with E-state index in [9.17, 15) is 4.79 Å². The van der Waals surface area contributed by atoms with Crippen molar-refractivity contribution in [1.29, 1.82) is 0 Å². The zero-order valence-electron chi connectivity index (χ0n) is 11.3. The van der Waals surface area contributed by atoms with E-state index in [1.54, 1.807) is 39.2 Å². The third kappa shape index (κ3) is 4.10. The van der Waals surface area contributed by atoms with Gasteiger partial charge in [0.15, 0.2) is 6.23 Å². The summed E-state index contributed by atoms with van der Waals surface area (Å²) in [4.78, 5) is 11.6. The number of carbonyl (C=O) groups is 1. The van der Waals surface area contributed by atoms with Crippen LogP contribution in [0.25, 0.3) is 0 Å². The number of hydrogen-bond acceptors (Lipinski definition) is 5. The molecule has 1 aromatic carbocycles. The summed E-state index contributed by atoms with van der Waals surface area (Å²) in [5, 5.41) is 9.45. The van der Waals surface area contributed by atoms with Gasteiger partial charge >= 0.3 is 5.97 Å². The number of rotatable bonds is 5. The van der Waals surface area contributed by atoms with Gasteiger partial charge in [-0.15, -0.1) is 0 Å². The number of nitrogens with zero attached hydrogens (tertiary/aromatic N) is 3. The first-order valence-electron chi connectivity index (χ1n) is 5.56. The number of carbonyl (C=O) groups excluding carboxylic acids is 1. The van der Waals surface area contributed by atoms with Gasteiger partial charge < -0.3 is 9.47 Å². The molecule has 0 saturated carbocycles. The van der Waals surface area contributed by atoms with E-state index >= 15 is 0 Å². The van der Waals surface area contributed by atoms with Crippen molar-refractivity contribution < 1.29 is 14.3 Å². The van der Waals surface area contributed by atoms with Crippen LogP contribution in [-0.4, -0.2) is 38.4 Å². The van der Waals surface area contributed by atoms with Crippen molar-refractivity contribution in [2.24, 2.45) is 10.3 Å². The van der Waals surface area contributed by atoms with Crippen LogP contribution in [0.2, 0.25) is 5.02 Å². The van der Waals surface area contributed by atoms with E-state index in [1.165, 1.54) is 12.1 Å². The van der Waals surface area contributed by atoms with Crippen LogP contribution in [0.5, 0.6) is 5.75 Å². The van der Waals surface area contributed by atoms with Crippen LogP contribution in [0, 0.1) is 0 Å². The number of methoxy groups -OCH3 is 1. The summed E-state index contributed by atoms with van der Waals surface area (Å²) >= 11 is 5.90. The Morgan fingerprint density at radius 1 is 1.47 bits per heavy atom. The number of halogens is 1. The number of ether oxygens (including phenoxy) is 2. The maximum absolute atomic E-state index is 11.6. The molecule has 7 heteroatoms. The van der Waals surface area contributed by atoms with E-state index < -0.39 is 12.2 Å². The molecule has 19 heavy (non-hydrogen) atoms. The summed E-state index contributed by atoms with van der Waals surface area (Å²) in [6, 6.07) is 4.71. The first-order chi connectivity index (χ1) is 8.99. The third-order valence-corrected chi connectivity index (χ3v) is 2.64. The summed E-state index contributed by atoms with van der Waals surface area (Å²) in [6.45, 7) is 1.77. The van der Waals surface area contributed by atoms with E-state index in [2.05, 4.69) is 15.1 Å². The normalized spacial score (nSPS) is 12.3. The SMILES string of the molecule is C/N=N\N(C)C(C)Oc1cc(Cl)ccc1C(=O)OC. The molecule has 0 saturated heterocycles. The third-order valence-electron chi connectivity index (χ3n) is 2.40. The Labute approximate surface area is 116 Å². The van der Waals surface area contributed by atoms with Crippen molar-refractivity contribution in [2.75, 3.05) is 21.2 Å². The molecule has 0 aromatic heterocycles. The molecule has 0 spiro atoms. The van der Waals surface area contributed by atoms with Crippen molar-refractivity contribution in [2.45, 2.75) is 13.2 Å². The standard InChI is InChI=1S/C12H16ClN3O3/c1-8(16(3)15-14-2)19-11-7-9(13)5-6-10(11)12(17)18-4/h5-8H,1-4H3/b15-14-. The average molecular weight is 286 g/mol. The highest BCUT2D eigenvalue weighted by Gasteiger charge is 2.17. The fourth-order valence-corrected chi connectivity index (χ4v) is 1.51. The van der Waals surface area contributed by atoms with Crippen LogP contribution in [0.1, 0.15) is 17.3 Å². The Morgan fingerprint density at radius 2 is 2.16 bits per heavy atom. The molecule has 0 heterocycles. The molecule has 0 aliphatic heterocycles. The fraction of sp³-hybridized carbons (Fsp3) is 0.417. The minimum atomic E-state index is -0.487.